The third kappa shape index (κ3) is 25.1. The molecule has 0 heterocycles. The van der Waals surface area contributed by atoms with Gasteiger partial charge in [-0.1, -0.05) is 7.60 Å². The first-order valence-electron chi connectivity index (χ1n) is 2.33. The number of carboxylic acid groups (broad SMARTS) is 1. The molecule has 0 aromatic heterocycles. The summed E-state index contributed by atoms with van der Waals surface area (Å²) >= 11 is 0. The first kappa shape index (κ1) is 24.7. The summed E-state index contributed by atoms with van der Waals surface area (Å²) in [5.41, 5.74) is 0. The van der Waals surface area contributed by atoms with Crippen molar-refractivity contribution >= 4 is 13.6 Å². The predicted octanol–water partition coefficient (Wildman–Crippen LogP) is -12.8. The van der Waals surface area contributed by atoms with Crippen LogP contribution in [0.25, 0.3) is 0 Å². The summed E-state index contributed by atoms with van der Waals surface area (Å²) in [4.78, 5) is 29.2. The molecule has 6 nitrogen and oxygen atoms in total. The van der Waals surface area contributed by atoms with Crippen molar-refractivity contribution in [2.75, 3.05) is 12.8 Å². The van der Waals surface area contributed by atoms with Gasteiger partial charge in [-0.25, -0.2) is 0 Å². The van der Waals surface area contributed by atoms with Crippen LogP contribution in [-0.2, 0) is 9.36 Å². The van der Waals surface area contributed by atoms with E-state index < -0.39 is 26.4 Å². The second kappa shape index (κ2) is 12.6. The van der Waals surface area contributed by atoms with Crippen molar-refractivity contribution in [2.24, 2.45) is 0 Å². The maximum absolute atomic E-state index is 9.81. The Morgan fingerprint density at radius 3 is 1.85 bits per heavy atom. The van der Waals surface area contributed by atoms with Crippen LogP contribution in [0, 0.1) is 0 Å². The molecule has 0 aliphatic rings. The van der Waals surface area contributed by atoms with E-state index in [1.165, 1.54) is 0 Å². The molecular weight excluding hydrogens is 230 g/mol. The molecule has 10 heteroatoms. The summed E-state index contributed by atoms with van der Waals surface area (Å²) in [7, 11) is -4.62. The Morgan fingerprint density at radius 1 is 1.23 bits per heavy atom. The molecule has 60 valence electrons. The first-order chi connectivity index (χ1) is 4.42. The third-order valence-electron chi connectivity index (χ3n) is 0.575. The fraction of sp³-hybridized carbons (Fsp3) is 0.667. The largest absolute Gasteiger partial charge is 1.00 e. The Balaban J connectivity index is -0.000000135. The molecule has 0 radical (unpaired) electrons. The molecule has 0 spiro atoms. The molecule has 0 rings (SSSR count). The van der Waals surface area contributed by atoms with Gasteiger partial charge in [0.25, 0.3) is 0 Å². The second-order valence-corrected chi connectivity index (χ2v) is 3.11. The Hall–Kier alpha value is 2.58. The summed E-state index contributed by atoms with van der Waals surface area (Å²) in [6.07, 6.45) is -0.860. The molecule has 0 amide bonds. The van der Waals surface area contributed by atoms with Gasteiger partial charge in [-0.15, -0.1) is 0 Å². The first-order valence-corrected chi connectivity index (χ1v) is 4.06. The number of carboxylic acids is 1. The zero-order valence-electron chi connectivity index (χ0n) is 7.90. The molecule has 0 unspecified atom stereocenters. The number of aliphatic carboxylic acids is 1. The average molecular weight is 235 g/mol. The van der Waals surface area contributed by atoms with E-state index in [2.05, 4.69) is 0 Å². The molecule has 0 saturated carbocycles. The van der Waals surface area contributed by atoms with E-state index in [1.54, 1.807) is 0 Å². The minimum Gasteiger partial charge on any atom is -0.810 e. The maximum atomic E-state index is 9.81. The van der Waals surface area contributed by atoms with Crippen LogP contribution >= 0.6 is 7.60 Å². The van der Waals surface area contributed by atoms with Crippen LogP contribution < -0.4 is 109 Å². The summed E-state index contributed by atoms with van der Waals surface area (Å²) < 4.78 is 9.81. The van der Waals surface area contributed by atoms with E-state index in [0.717, 1.165) is 0 Å². The van der Waals surface area contributed by atoms with Crippen molar-refractivity contribution in [3.63, 3.8) is 0 Å². The van der Waals surface area contributed by atoms with Crippen LogP contribution in [0.2, 0.25) is 0 Å². The van der Waals surface area contributed by atoms with E-state index in [1.807, 2.05) is 5.32 Å². The van der Waals surface area contributed by atoms with E-state index in [4.69, 9.17) is 0 Å². The Kier molecular flexibility index (Phi) is 24.0. The molecule has 13 heavy (non-hydrogen) atoms. The molecule has 0 aromatic carbocycles. The van der Waals surface area contributed by atoms with Crippen molar-refractivity contribution in [1.82, 2.24) is 5.32 Å². The summed E-state index contributed by atoms with van der Waals surface area (Å²) in [6, 6.07) is 0. The molecule has 0 aliphatic carbocycles. The quantitative estimate of drug-likeness (QED) is 0.382. The van der Waals surface area contributed by atoms with Crippen molar-refractivity contribution in [2.45, 2.75) is 0 Å². The number of rotatable bonds is 4. The summed E-state index contributed by atoms with van der Waals surface area (Å²) in [6.45, 7) is -0.630. The molecule has 0 atom stereocenters. The summed E-state index contributed by atoms with van der Waals surface area (Å²) in [5, 5.41) is 11.5. The van der Waals surface area contributed by atoms with Crippen molar-refractivity contribution in [3.8, 4) is 0 Å². The predicted molar refractivity (Wildman–Crippen MR) is 25.5 cm³/mol. The van der Waals surface area contributed by atoms with Crippen LogP contribution in [0.3, 0.4) is 0 Å². The minimum absolute atomic E-state index is 0. The van der Waals surface area contributed by atoms with Gasteiger partial charge in [0.15, 0.2) is 0 Å². The van der Waals surface area contributed by atoms with Crippen LogP contribution in [0.1, 0.15) is 0 Å². The van der Waals surface area contributed by atoms with Gasteiger partial charge in [-0.3, -0.25) is 0 Å². The van der Waals surface area contributed by atoms with Crippen molar-refractivity contribution in [3.05, 3.63) is 0 Å². The normalized spacial score (nSPS) is 8.77. The summed E-state index contributed by atoms with van der Waals surface area (Å²) in [5.74, 6) is -1.45. The van der Waals surface area contributed by atoms with Crippen molar-refractivity contribution < 1.29 is 113 Å². The van der Waals surface area contributed by atoms with Gasteiger partial charge < -0.3 is 29.6 Å². The molecule has 0 saturated heterocycles. The smallest absolute Gasteiger partial charge is 0.810 e. The fourth-order valence-corrected chi connectivity index (χ4v) is 0.681. The van der Waals surface area contributed by atoms with E-state index in [9.17, 15) is 24.3 Å². The number of hydrogen-bond acceptors (Lipinski definition) is 6. The topological polar surface area (TPSA) is 115 Å². The Morgan fingerprint density at radius 2 is 1.62 bits per heavy atom. The van der Waals surface area contributed by atoms with Crippen LogP contribution in [0.4, 0.5) is 0 Å². The van der Waals surface area contributed by atoms with Crippen LogP contribution in [0.15, 0.2) is 0 Å². The van der Waals surface area contributed by atoms with Gasteiger partial charge in [0.2, 0.25) is 0 Å². The van der Waals surface area contributed by atoms with Crippen molar-refractivity contribution in [1.29, 1.82) is 0 Å². The number of hydrogen-bond donors (Lipinski definition) is 1. The maximum Gasteiger partial charge on any atom is 1.00 e. The third-order valence-corrected chi connectivity index (χ3v) is 1.19. The van der Waals surface area contributed by atoms with Gasteiger partial charge in [0.1, 0.15) is 0 Å². The monoisotopic (exact) mass is 235 g/mol. The van der Waals surface area contributed by atoms with E-state index >= 15 is 0 Å². The Bertz CT molecular complexity index is 172. The zero-order chi connectivity index (χ0) is 8.20. The van der Waals surface area contributed by atoms with Gasteiger partial charge in [-0.05, 0) is 0 Å². The van der Waals surface area contributed by atoms with Gasteiger partial charge >= 0.3 is 88.7 Å². The molecular formula is C3H5NNa3O5P. The number of nitrogens with one attached hydrogen (secondary N) is 1. The molecule has 0 aromatic rings. The fourth-order valence-electron chi connectivity index (χ4n) is 0.295. The molecule has 0 aliphatic heterocycles. The van der Waals surface area contributed by atoms with Crippen LogP contribution in [-0.4, -0.2) is 18.8 Å². The Labute approximate surface area is 142 Å². The zero-order valence-corrected chi connectivity index (χ0v) is 14.8. The standard InChI is InChI=1S/C3H8NO5P.3Na/c5-3(6)1-4-2-10(7,8)9;;;/h4H,1-2H2,(H,5,6)(H2,7,8,9);;;/q;3*+1/p-3. The van der Waals surface area contributed by atoms with Gasteiger partial charge in [0.05, 0.1) is 5.97 Å². The molecule has 0 bridgehead atoms. The van der Waals surface area contributed by atoms with Gasteiger partial charge in [-0.2, -0.15) is 0 Å². The van der Waals surface area contributed by atoms with E-state index in [0.29, 0.717) is 0 Å². The number of carbonyl (C=O) groups is 1. The number of carbonyl (C=O) groups excluding carboxylic acids is 1. The molecule has 1 N–H and O–H groups in total. The average Bonchev–Trinajstić information content (AvgIpc) is 1.59. The van der Waals surface area contributed by atoms with Crippen LogP contribution in [0.5, 0.6) is 0 Å². The minimum atomic E-state index is -4.62. The molecule has 0 fully saturated rings. The SMILES string of the molecule is O=C([O-])CNCP(=O)([O-])[O-].[Na+].[Na+].[Na+]. The second-order valence-electron chi connectivity index (χ2n) is 1.57. The van der Waals surface area contributed by atoms with Gasteiger partial charge in [0, 0.05) is 12.8 Å². The van der Waals surface area contributed by atoms with E-state index in [-0.39, 0.29) is 88.7 Å².